The third kappa shape index (κ3) is 6.66. The van der Waals surface area contributed by atoms with E-state index >= 15 is 0 Å². The number of amides is 2. The Labute approximate surface area is 191 Å². The number of rotatable bonds is 7. The number of hydrogen-bond donors (Lipinski definition) is 2. The molecule has 2 amide bonds. The molecule has 0 aromatic carbocycles. The van der Waals surface area contributed by atoms with Crippen LogP contribution in [0.2, 0.25) is 0 Å². The minimum absolute atomic E-state index is 0.0751. The lowest BCUT2D eigenvalue weighted by Crippen LogP contribution is -2.57. The summed E-state index contributed by atoms with van der Waals surface area (Å²) in [5, 5.41) is 6.14. The van der Waals surface area contributed by atoms with Crippen molar-refractivity contribution in [1.29, 1.82) is 0 Å². The van der Waals surface area contributed by atoms with Crippen LogP contribution in [0.15, 0.2) is 23.3 Å². The fourth-order valence-corrected chi connectivity index (χ4v) is 4.12. The summed E-state index contributed by atoms with van der Waals surface area (Å²) in [4.78, 5) is 40.3. The lowest BCUT2D eigenvalue weighted by Gasteiger charge is -2.39. The predicted octanol–water partition coefficient (Wildman–Crippen LogP) is 1.31. The van der Waals surface area contributed by atoms with Gasteiger partial charge in [0.1, 0.15) is 5.82 Å². The van der Waals surface area contributed by atoms with E-state index in [0.717, 1.165) is 70.2 Å². The second-order valence-corrected chi connectivity index (χ2v) is 8.49. The van der Waals surface area contributed by atoms with E-state index in [2.05, 4.69) is 30.4 Å². The van der Waals surface area contributed by atoms with Gasteiger partial charge in [-0.15, -0.1) is 0 Å². The molecule has 1 atom stereocenters. The largest absolute Gasteiger partial charge is 0.357 e. The summed E-state index contributed by atoms with van der Waals surface area (Å²) >= 11 is 0. The quantitative estimate of drug-likeness (QED) is 0.488. The van der Waals surface area contributed by atoms with Gasteiger partial charge in [-0.3, -0.25) is 19.5 Å². The number of aromatic nitrogens is 1. The van der Waals surface area contributed by atoms with Crippen molar-refractivity contribution in [1.82, 2.24) is 25.0 Å². The first-order valence-corrected chi connectivity index (χ1v) is 11.8. The Morgan fingerprint density at radius 1 is 1.09 bits per heavy atom. The van der Waals surface area contributed by atoms with E-state index < -0.39 is 0 Å². The van der Waals surface area contributed by atoms with Gasteiger partial charge in [0.2, 0.25) is 11.8 Å². The summed E-state index contributed by atoms with van der Waals surface area (Å²) in [5.74, 6) is 1.54. The van der Waals surface area contributed by atoms with E-state index in [0.29, 0.717) is 18.8 Å². The first kappa shape index (κ1) is 24.0. The lowest BCUT2D eigenvalue weighted by molar-refractivity contribution is -0.135. The van der Waals surface area contributed by atoms with Crippen LogP contribution >= 0.6 is 0 Å². The number of guanidine groups is 1. The Balaban J connectivity index is 1.46. The number of carbonyl (C=O) groups is 2. The molecule has 9 nitrogen and oxygen atoms in total. The summed E-state index contributed by atoms with van der Waals surface area (Å²) < 4.78 is 0. The Morgan fingerprint density at radius 2 is 1.81 bits per heavy atom. The van der Waals surface area contributed by atoms with E-state index in [1.165, 1.54) is 0 Å². The predicted molar refractivity (Wildman–Crippen MR) is 127 cm³/mol. The fraction of sp³-hybridized carbons (Fsp3) is 0.652. The molecule has 176 valence electrons. The molecule has 3 heterocycles. The summed E-state index contributed by atoms with van der Waals surface area (Å²) in [6.07, 6.45) is 4.27. The number of piperazine rings is 1. The molecule has 0 bridgehead atoms. The number of pyridine rings is 1. The van der Waals surface area contributed by atoms with Gasteiger partial charge in [-0.2, -0.15) is 0 Å². The van der Waals surface area contributed by atoms with Crippen LogP contribution in [0, 0.1) is 6.92 Å². The number of aryl methyl sites for hydroxylation is 1. The van der Waals surface area contributed by atoms with Gasteiger partial charge in [-0.1, -0.05) is 6.07 Å². The molecule has 9 heteroatoms. The second kappa shape index (κ2) is 11.8. The molecular weight excluding hydrogens is 406 g/mol. The molecule has 2 saturated heterocycles. The van der Waals surface area contributed by atoms with Crippen molar-refractivity contribution >= 4 is 23.6 Å². The highest BCUT2D eigenvalue weighted by Gasteiger charge is 2.30. The zero-order chi connectivity index (χ0) is 22.9. The van der Waals surface area contributed by atoms with Gasteiger partial charge >= 0.3 is 0 Å². The highest BCUT2D eigenvalue weighted by molar-refractivity contribution is 5.90. The first-order valence-electron chi connectivity index (χ1n) is 11.8. The summed E-state index contributed by atoms with van der Waals surface area (Å²) in [6, 6.07) is 3.65. The zero-order valence-corrected chi connectivity index (χ0v) is 19.6. The van der Waals surface area contributed by atoms with Crippen LogP contribution in [0.25, 0.3) is 0 Å². The van der Waals surface area contributed by atoms with Gasteiger partial charge < -0.3 is 20.4 Å². The minimum Gasteiger partial charge on any atom is -0.357 e. The third-order valence-corrected chi connectivity index (χ3v) is 6.05. The molecule has 2 fully saturated rings. The van der Waals surface area contributed by atoms with E-state index in [9.17, 15) is 9.59 Å². The summed E-state index contributed by atoms with van der Waals surface area (Å²) in [5.41, 5.74) is 1.05. The third-order valence-electron chi connectivity index (χ3n) is 6.05. The van der Waals surface area contributed by atoms with E-state index in [1.54, 1.807) is 12.3 Å². The Bertz CT molecular complexity index is 782. The van der Waals surface area contributed by atoms with Crippen LogP contribution in [-0.2, 0) is 9.59 Å². The molecule has 1 aromatic rings. The standard InChI is InChI=1S/C23H37N7O2/c1-4-24-23(25-10-9-21(31)27-20-8-7-18(2)17-26-20)30-15-13-28(14-16-30)19(3)22(32)29-11-5-6-12-29/h7-8,17,19H,4-6,9-16H2,1-3H3,(H,24,25)(H,26,27,31). The maximum Gasteiger partial charge on any atom is 0.239 e. The van der Waals surface area contributed by atoms with Crippen molar-refractivity contribution in [2.24, 2.45) is 4.99 Å². The van der Waals surface area contributed by atoms with Crippen molar-refractivity contribution in [2.45, 2.75) is 46.1 Å². The van der Waals surface area contributed by atoms with E-state index in [4.69, 9.17) is 0 Å². The Morgan fingerprint density at radius 3 is 2.44 bits per heavy atom. The molecule has 2 N–H and O–H groups in total. The topological polar surface area (TPSA) is 93.2 Å². The Hall–Kier alpha value is -2.68. The van der Waals surface area contributed by atoms with Gasteiger partial charge in [0.25, 0.3) is 0 Å². The van der Waals surface area contributed by atoms with Crippen LogP contribution in [-0.4, -0.2) is 95.9 Å². The second-order valence-electron chi connectivity index (χ2n) is 8.49. The van der Waals surface area contributed by atoms with Crippen molar-refractivity contribution < 1.29 is 9.59 Å². The van der Waals surface area contributed by atoms with Crippen molar-refractivity contribution in [3.8, 4) is 0 Å². The van der Waals surface area contributed by atoms with Gasteiger partial charge in [0, 0.05) is 58.4 Å². The van der Waals surface area contributed by atoms with E-state index in [1.807, 2.05) is 31.7 Å². The molecule has 3 rings (SSSR count). The molecule has 0 radical (unpaired) electrons. The number of aliphatic imine (C=N–C) groups is 1. The normalized spacial score (nSPS) is 18.5. The fourth-order valence-electron chi connectivity index (χ4n) is 4.12. The Kier molecular flexibility index (Phi) is 8.84. The van der Waals surface area contributed by atoms with Crippen LogP contribution < -0.4 is 10.6 Å². The van der Waals surface area contributed by atoms with Gasteiger partial charge in [0.05, 0.1) is 12.6 Å². The van der Waals surface area contributed by atoms with Crippen molar-refractivity contribution in [2.75, 3.05) is 57.7 Å². The number of nitrogens with zero attached hydrogens (tertiary/aromatic N) is 5. The first-order chi connectivity index (χ1) is 15.5. The van der Waals surface area contributed by atoms with Crippen LogP contribution in [0.3, 0.4) is 0 Å². The number of likely N-dealkylation sites (tertiary alicyclic amines) is 1. The summed E-state index contributed by atoms with van der Waals surface area (Å²) in [6.45, 7) is 12.3. The molecule has 0 spiro atoms. The smallest absolute Gasteiger partial charge is 0.239 e. The molecule has 0 saturated carbocycles. The SMILES string of the molecule is CCNC(=NCCC(=O)Nc1ccc(C)cn1)N1CCN(C(C)C(=O)N2CCCC2)CC1. The maximum absolute atomic E-state index is 12.7. The van der Waals surface area contributed by atoms with Gasteiger partial charge in [0.15, 0.2) is 5.96 Å². The molecule has 1 unspecified atom stereocenters. The highest BCUT2D eigenvalue weighted by atomic mass is 16.2. The van der Waals surface area contributed by atoms with Gasteiger partial charge in [-0.05, 0) is 45.2 Å². The van der Waals surface area contributed by atoms with Crippen LogP contribution in [0.5, 0.6) is 0 Å². The molecular formula is C23H37N7O2. The van der Waals surface area contributed by atoms with E-state index in [-0.39, 0.29) is 17.9 Å². The van der Waals surface area contributed by atoms with Gasteiger partial charge in [-0.25, -0.2) is 4.98 Å². The van der Waals surface area contributed by atoms with Crippen LogP contribution in [0.1, 0.15) is 38.7 Å². The van der Waals surface area contributed by atoms with Crippen LogP contribution in [0.4, 0.5) is 5.82 Å². The number of anilines is 1. The molecule has 2 aliphatic rings. The monoisotopic (exact) mass is 443 g/mol. The highest BCUT2D eigenvalue weighted by Crippen LogP contribution is 2.14. The minimum atomic E-state index is -0.0972. The van der Waals surface area contributed by atoms with Crippen molar-refractivity contribution in [3.63, 3.8) is 0 Å². The average molecular weight is 444 g/mol. The number of nitrogens with one attached hydrogen (secondary N) is 2. The molecule has 32 heavy (non-hydrogen) atoms. The number of carbonyl (C=O) groups excluding carboxylic acids is 2. The summed E-state index contributed by atoms with van der Waals surface area (Å²) in [7, 11) is 0. The molecule has 0 aliphatic carbocycles. The average Bonchev–Trinajstić information content (AvgIpc) is 3.34. The molecule has 1 aromatic heterocycles. The number of hydrogen-bond acceptors (Lipinski definition) is 5. The maximum atomic E-state index is 12.7. The molecule has 2 aliphatic heterocycles. The zero-order valence-electron chi connectivity index (χ0n) is 19.6. The van der Waals surface area contributed by atoms with Crippen molar-refractivity contribution in [3.05, 3.63) is 23.9 Å². The lowest BCUT2D eigenvalue weighted by atomic mass is 10.2.